The third-order valence-corrected chi connectivity index (χ3v) is 4.52. The summed E-state index contributed by atoms with van der Waals surface area (Å²) in [7, 11) is 0. The predicted molar refractivity (Wildman–Crippen MR) is 97.1 cm³/mol. The molecule has 1 amide bonds. The predicted octanol–water partition coefficient (Wildman–Crippen LogP) is 4.27. The smallest absolute Gasteiger partial charge is 0.254 e. The number of aromatic nitrogens is 1. The Labute approximate surface area is 143 Å². The number of amides is 1. The van der Waals surface area contributed by atoms with E-state index in [0.29, 0.717) is 0 Å². The largest absolute Gasteiger partial charge is 0.370 e. The second-order valence-electron chi connectivity index (χ2n) is 6.24. The highest BCUT2D eigenvalue weighted by Crippen LogP contribution is 2.35. The van der Waals surface area contributed by atoms with Crippen LogP contribution in [0.5, 0.6) is 0 Å². The number of likely N-dealkylation sites (tertiary alicyclic amines) is 1. The molecule has 1 aromatic heterocycles. The van der Waals surface area contributed by atoms with E-state index in [0.717, 1.165) is 55.7 Å². The fraction of sp³-hybridized carbons (Fsp3) is 0.400. The van der Waals surface area contributed by atoms with Gasteiger partial charge in [-0.2, -0.15) is 0 Å². The zero-order chi connectivity index (χ0) is 16.8. The molecule has 0 radical (unpaired) electrons. The van der Waals surface area contributed by atoms with E-state index in [1.165, 1.54) is 0 Å². The van der Waals surface area contributed by atoms with Gasteiger partial charge in [0.25, 0.3) is 5.91 Å². The number of pyridine rings is 1. The molecule has 2 heterocycles. The Hall–Kier alpha value is -2.36. The van der Waals surface area contributed by atoms with Crippen LogP contribution in [0, 0.1) is 0 Å². The van der Waals surface area contributed by atoms with E-state index >= 15 is 0 Å². The van der Waals surface area contributed by atoms with Gasteiger partial charge in [0.2, 0.25) is 0 Å². The monoisotopic (exact) mass is 323 g/mol. The van der Waals surface area contributed by atoms with Crippen LogP contribution in [-0.2, 0) is 0 Å². The Morgan fingerprint density at radius 1 is 1.21 bits per heavy atom. The number of piperidine rings is 1. The SMILES string of the molecule is CCCNc1ncccc1[C@@H]1CCCCN1C(=O)c1ccccc1. The summed E-state index contributed by atoms with van der Waals surface area (Å²) in [4.78, 5) is 19.5. The number of hydrogen-bond donors (Lipinski definition) is 1. The van der Waals surface area contributed by atoms with Crippen LogP contribution in [-0.4, -0.2) is 28.9 Å². The van der Waals surface area contributed by atoms with Gasteiger partial charge in [-0.1, -0.05) is 31.2 Å². The first-order valence-electron chi connectivity index (χ1n) is 8.86. The first-order chi connectivity index (χ1) is 11.8. The van der Waals surface area contributed by atoms with Gasteiger partial charge in [0.15, 0.2) is 0 Å². The van der Waals surface area contributed by atoms with Gasteiger partial charge in [0.1, 0.15) is 5.82 Å². The molecule has 1 N–H and O–H groups in total. The van der Waals surface area contributed by atoms with E-state index in [2.05, 4.69) is 23.3 Å². The maximum absolute atomic E-state index is 13.0. The molecule has 24 heavy (non-hydrogen) atoms. The molecule has 3 rings (SSSR count). The lowest BCUT2D eigenvalue weighted by atomic mass is 9.94. The molecule has 2 aromatic rings. The molecule has 0 bridgehead atoms. The van der Waals surface area contributed by atoms with Crippen LogP contribution in [0.2, 0.25) is 0 Å². The van der Waals surface area contributed by atoms with Crippen LogP contribution in [0.4, 0.5) is 5.82 Å². The number of benzene rings is 1. The quantitative estimate of drug-likeness (QED) is 0.893. The molecule has 1 aromatic carbocycles. The van der Waals surface area contributed by atoms with E-state index in [4.69, 9.17) is 0 Å². The average molecular weight is 323 g/mol. The number of carbonyl (C=O) groups is 1. The van der Waals surface area contributed by atoms with Gasteiger partial charge < -0.3 is 10.2 Å². The topological polar surface area (TPSA) is 45.2 Å². The van der Waals surface area contributed by atoms with Crippen molar-refractivity contribution < 1.29 is 4.79 Å². The highest BCUT2D eigenvalue weighted by Gasteiger charge is 2.30. The minimum Gasteiger partial charge on any atom is -0.370 e. The average Bonchev–Trinajstić information content (AvgIpc) is 2.67. The maximum Gasteiger partial charge on any atom is 0.254 e. The van der Waals surface area contributed by atoms with Crippen molar-refractivity contribution in [2.75, 3.05) is 18.4 Å². The Balaban J connectivity index is 1.89. The maximum atomic E-state index is 13.0. The summed E-state index contributed by atoms with van der Waals surface area (Å²) in [6, 6.07) is 13.7. The standard InChI is InChI=1S/C20H25N3O/c1-2-13-21-19-17(11-8-14-22-19)18-12-6-7-15-23(18)20(24)16-9-4-3-5-10-16/h3-5,8-11,14,18H,2,6-7,12-13,15H2,1H3,(H,21,22)/t18-/m0/s1. The van der Waals surface area contributed by atoms with Gasteiger partial charge in [-0.05, 0) is 43.9 Å². The van der Waals surface area contributed by atoms with Gasteiger partial charge in [0.05, 0.1) is 6.04 Å². The van der Waals surface area contributed by atoms with Crippen LogP contribution < -0.4 is 5.32 Å². The highest BCUT2D eigenvalue weighted by molar-refractivity contribution is 5.94. The molecule has 4 nitrogen and oxygen atoms in total. The first-order valence-corrected chi connectivity index (χ1v) is 8.86. The van der Waals surface area contributed by atoms with E-state index in [-0.39, 0.29) is 11.9 Å². The molecule has 0 spiro atoms. The summed E-state index contributed by atoms with van der Waals surface area (Å²) < 4.78 is 0. The normalized spacial score (nSPS) is 17.5. The van der Waals surface area contributed by atoms with Crippen LogP contribution in [0.25, 0.3) is 0 Å². The molecule has 0 saturated carbocycles. The van der Waals surface area contributed by atoms with Gasteiger partial charge in [-0.3, -0.25) is 4.79 Å². The van der Waals surface area contributed by atoms with E-state index < -0.39 is 0 Å². The molecule has 126 valence electrons. The summed E-state index contributed by atoms with van der Waals surface area (Å²) in [5.41, 5.74) is 1.89. The second kappa shape index (κ2) is 7.95. The molecule has 0 unspecified atom stereocenters. The minimum atomic E-state index is 0.0968. The second-order valence-corrected chi connectivity index (χ2v) is 6.24. The number of anilines is 1. The summed E-state index contributed by atoms with van der Waals surface area (Å²) in [6.45, 7) is 3.84. The van der Waals surface area contributed by atoms with Crippen molar-refractivity contribution in [1.82, 2.24) is 9.88 Å². The molecule has 1 fully saturated rings. The fourth-order valence-electron chi connectivity index (χ4n) is 3.32. The van der Waals surface area contributed by atoms with E-state index in [1.54, 1.807) is 0 Å². The molecule has 4 heteroatoms. The van der Waals surface area contributed by atoms with Crippen molar-refractivity contribution in [3.63, 3.8) is 0 Å². The van der Waals surface area contributed by atoms with Crippen LogP contribution in [0.15, 0.2) is 48.7 Å². The van der Waals surface area contributed by atoms with Gasteiger partial charge >= 0.3 is 0 Å². The summed E-state index contributed by atoms with van der Waals surface area (Å²) in [6.07, 6.45) is 6.06. The lowest BCUT2D eigenvalue weighted by Gasteiger charge is -2.36. The van der Waals surface area contributed by atoms with Crippen molar-refractivity contribution in [2.45, 2.75) is 38.6 Å². The Bertz CT molecular complexity index is 672. The summed E-state index contributed by atoms with van der Waals surface area (Å²) in [5, 5.41) is 3.41. The molecule has 1 aliphatic rings. The zero-order valence-electron chi connectivity index (χ0n) is 14.2. The minimum absolute atomic E-state index is 0.0968. The zero-order valence-corrected chi connectivity index (χ0v) is 14.2. The summed E-state index contributed by atoms with van der Waals surface area (Å²) >= 11 is 0. The van der Waals surface area contributed by atoms with Crippen molar-refractivity contribution in [3.8, 4) is 0 Å². The number of rotatable bonds is 5. The molecule has 0 aliphatic carbocycles. The van der Waals surface area contributed by atoms with E-state index in [1.807, 2.05) is 47.5 Å². The van der Waals surface area contributed by atoms with Gasteiger partial charge in [-0.15, -0.1) is 0 Å². The number of carbonyl (C=O) groups excluding carboxylic acids is 1. The van der Waals surface area contributed by atoms with Crippen molar-refractivity contribution in [2.24, 2.45) is 0 Å². The third-order valence-electron chi connectivity index (χ3n) is 4.52. The Morgan fingerprint density at radius 2 is 2.04 bits per heavy atom. The highest BCUT2D eigenvalue weighted by atomic mass is 16.2. The molecular weight excluding hydrogens is 298 g/mol. The Morgan fingerprint density at radius 3 is 2.83 bits per heavy atom. The Kier molecular flexibility index (Phi) is 5.47. The van der Waals surface area contributed by atoms with Crippen LogP contribution in [0.1, 0.15) is 54.6 Å². The van der Waals surface area contributed by atoms with Crippen molar-refractivity contribution >= 4 is 11.7 Å². The lowest BCUT2D eigenvalue weighted by molar-refractivity contribution is 0.0612. The van der Waals surface area contributed by atoms with Crippen LogP contribution >= 0.6 is 0 Å². The first kappa shape index (κ1) is 16.5. The molecular formula is C20H25N3O. The third kappa shape index (κ3) is 3.58. The van der Waals surface area contributed by atoms with Gasteiger partial charge in [-0.25, -0.2) is 4.98 Å². The number of nitrogens with one attached hydrogen (secondary N) is 1. The summed E-state index contributed by atoms with van der Waals surface area (Å²) in [5.74, 6) is 1.03. The molecule has 1 aliphatic heterocycles. The van der Waals surface area contributed by atoms with E-state index in [9.17, 15) is 4.79 Å². The van der Waals surface area contributed by atoms with Crippen molar-refractivity contribution in [1.29, 1.82) is 0 Å². The van der Waals surface area contributed by atoms with Crippen LogP contribution in [0.3, 0.4) is 0 Å². The number of nitrogens with zero attached hydrogens (tertiary/aromatic N) is 2. The fourth-order valence-corrected chi connectivity index (χ4v) is 3.32. The van der Waals surface area contributed by atoms with Crippen molar-refractivity contribution in [3.05, 3.63) is 59.8 Å². The van der Waals surface area contributed by atoms with Gasteiger partial charge in [0, 0.05) is 30.4 Å². The lowest BCUT2D eigenvalue weighted by Crippen LogP contribution is -2.38. The number of hydrogen-bond acceptors (Lipinski definition) is 3. The molecule has 1 atom stereocenters. The molecule has 1 saturated heterocycles.